The number of benzene rings is 2. The molecule has 0 fully saturated rings. The number of halogens is 2. The molecule has 0 saturated heterocycles. The monoisotopic (exact) mass is 407 g/mol. The molecule has 0 spiro atoms. The highest BCUT2D eigenvalue weighted by atomic mass is 35.5. The van der Waals surface area contributed by atoms with E-state index in [1.165, 1.54) is 23.5 Å². The molecule has 7 heteroatoms. The Morgan fingerprint density at radius 2 is 1.85 bits per heavy atom. The first-order chi connectivity index (χ1) is 12.3. The molecule has 1 aromatic heterocycles. The van der Waals surface area contributed by atoms with Gasteiger partial charge in [-0.3, -0.25) is 9.69 Å². The maximum absolute atomic E-state index is 13.5. The van der Waals surface area contributed by atoms with Gasteiger partial charge in [0.1, 0.15) is 5.82 Å². The Bertz CT molecular complexity index is 958. The highest BCUT2D eigenvalue weighted by molar-refractivity contribution is 7.22. The average molecular weight is 408 g/mol. The van der Waals surface area contributed by atoms with Crippen molar-refractivity contribution in [1.82, 2.24) is 9.88 Å². The van der Waals surface area contributed by atoms with Gasteiger partial charge in [-0.1, -0.05) is 29.0 Å². The molecule has 0 aliphatic heterocycles. The lowest BCUT2D eigenvalue weighted by Gasteiger charge is -2.22. The molecule has 0 aliphatic carbocycles. The van der Waals surface area contributed by atoms with Crippen molar-refractivity contribution in [3.8, 4) is 0 Å². The number of hydrogen-bond donors (Lipinski definition) is 0. The third-order valence-corrected chi connectivity index (χ3v) is 5.24. The number of thiazole rings is 1. The van der Waals surface area contributed by atoms with Gasteiger partial charge in [0.05, 0.1) is 10.2 Å². The average Bonchev–Trinajstić information content (AvgIpc) is 2.97. The third kappa shape index (κ3) is 4.83. The van der Waals surface area contributed by atoms with Crippen LogP contribution in [0.5, 0.6) is 0 Å². The Hall–Kier alpha value is -2.02. The standard InChI is InChI=1S/C20H22FN3OS.ClH/c1-13-5-7-16(14(2)11-13)19(25)24(10-9-23(3)4)20-22-17-8-6-15(21)12-18(17)26-20;/h5-8,11-12H,9-10H2,1-4H3;1H. The van der Waals surface area contributed by atoms with Crippen molar-refractivity contribution in [2.75, 3.05) is 32.1 Å². The summed E-state index contributed by atoms with van der Waals surface area (Å²) in [4.78, 5) is 21.5. The van der Waals surface area contributed by atoms with Crippen LogP contribution in [0.3, 0.4) is 0 Å². The molecule has 0 atom stereocenters. The smallest absolute Gasteiger partial charge is 0.260 e. The van der Waals surface area contributed by atoms with Gasteiger partial charge in [0.2, 0.25) is 0 Å². The molecule has 0 unspecified atom stereocenters. The summed E-state index contributed by atoms with van der Waals surface area (Å²) in [5, 5.41) is 0.595. The van der Waals surface area contributed by atoms with E-state index in [0.717, 1.165) is 15.8 Å². The summed E-state index contributed by atoms with van der Waals surface area (Å²) in [6, 6.07) is 10.3. The Kier molecular flexibility index (Phi) is 6.92. The number of nitrogens with zero attached hydrogens (tertiary/aromatic N) is 3. The second kappa shape index (κ2) is 8.78. The molecular weight excluding hydrogens is 385 g/mol. The van der Waals surface area contributed by atoms with Crippen molar-refractivity contribution in [3.05, 3.63) is 58.9 Å². The fraction of sp³-hybridized carbons (Fsp3) is 0.300. The van der Waals surface area contributed by atoms with Gasteiger partial charge in [-0.15, -0.1) is 12.4 Å². The molecule has 1 amide bonds. The summed E-state index contributed by atoms with van der Waals surface area (Å²) < 4.78 is 14.2. The van der Waals surface area contributed by atoms with Crippen LogP contribution in [0, 0.1) is 19.7 Å². The van der Waals surface area contributed by atoms with Gasteiger partial charge in [-0.2, -0.15) is 0 Å². The number of rotatable bonds is 5. The minimum atomic E-state index is -0.298. The number of aromatic nitrogens is 1. The Morgan fingerprint density at radius 3 is 2.52 bits per heavy atom. The largest absolute Gasteiger partial charge is 0.308 e. The van der Waals surface area contributed by atoms with Crippen molar-refractivity contribution < 1.29 is 9.18 Å². The first-order valence-electron chi connectivity index (χ1n) is 8.45. The van der Waals surface area contributed by atoms with Crippen molar-refractivity contribution in [3.63, 3.8) is 0 Å². The molecule has 27 heavy (non-hydrogen) atoms. The molecule has 0 N–H and O–H groups in total. The SMILES string of the molecule is Cc1ccc(C(=O)N(CCN(C)C)c2nc3ccc(F)cc3s2)c(C)c1.Cl. The van der Waals surface area contributed by atoms with Crippen LogP contribution < -0.4 is 4.90 Å². The molecule has 1 heterocycles. The van der Waals surface area contributed by atoms with E-state index in [1.807, 2.05) is 51.0 Å². The van der Waals surface area contributed by atoms with Crippen LogP contribution in [0.4, 0.5) is 9.52 Å². The summed E-state index contributed by atoms with van der Waals surface area (Å²) in [5.74, 6) is -0.378. The van der Waals surface area contributed by atoms with Crippen LogP contribution in [-0.2, 0) is 0 Å². The Labute approximate surface area is 169 Å². The molecule has 3 rings (SSSR count). The number of fused-ring (bicyclic) bond motifs is 1. The van der Waals surface area contributed by atoms with Gasteiger partial charge >= 0.3 is 0 Å². The number of amides is 1. The normalized spacial score (nSPS) is 10.9. The second-order valence-corrected chi connectivity index (χ2v) is 7.70. The van der Waals surface area contributed by atoms with Crippen LogP contribution >= 0.6 is 23.7 Å². The fourth-order valence-corrected chi connectivity index (χ4v) is 3.80. The van der Waals surface area contributed by atoms with Crippen LogP contribution in [-0.4, -0.2) is 43.0 Å². The quantitative estimate of drug-likeness (QED) is 0.616. The van der Waals surface area contributed by atoms with E-state index in [-0.39, 0.29) is 24.1 Å². The number of hydrogen-bond acceptors (Lipinski definition) is 4. The maximum Gasteiger partial charge on any atom is 0.260 e. The maximum atomic E-state index is 13.5. The molecule has 0 radical (unpaired) electrons. The summed E-state index contributed by atoms with van der Waals surface area (Å²) >= 11 is 1.34. The molecular formula is C20H23ClFN3OS. The summed E-state index contributed by atoms with van der Waals surface area (Å²) in [6.45, 7) is 5.17. The topological polar surface area (TPSA) is 36.4 Å². The predicted octanol–water partition coefficient (Wildman–Crippen LogP) is 4.68. The van der Waals surface area contributed by atoms with Gasteiger partial charge in [0, 0.05) is 18.7 Å². The molecule has 3 aromatic rings. The lowest BCUT2D eigenvalue weighted by Crippen LogP contribution is -2.37. The Balaban J connectivity index is 0.00000261. The molecule has 0 bridgehead atoms. The van der Waals surface area contributed by atoms with E-state index in [2.05, 4.69) is 4.98 Å². The predicted molar refractivity (Wildman–Crippen MR) is 113 cm³/mol. The van der Waals surface area contributed by atoms with Crippen molar-refractivity contribution in [1.29, 1.82) is 0 Å². The first-order valence-corrected chi connectivity index (χ1v) is 9.27. The van der Waals surface area contributed by atoms with E-state index in [4.69, 9.17) is 0 Å². The highest BCUT2D eigenvalue weighted by Gasteiger charge is 2.22. The van der Waals surface area contributed by atoms with Gasteiger partial charge in [-0.05, 0) is 57.8 Å². The van der Waals surface area contributed by atoms with Crippen LogP contribution in [0.1, 0.15) is 21.5 Å². The molecule has 144 valence electrons. The zero-order valence-electron chi connectivity index (χ0n) is 15.8. The first kappa shape index (κ1) is 21.3. The number of carbonyl (C=O) groups is 1. The summed E-state index contributed by atoms with van der Waals surface area (Å²) in [5.41, 5.74) is 3.43. The van der Waals surface area contributed by atoms with Crippen LogP contribution in [0.25, 0.3) is 10.2 Å². The zero-order valence-corrected chi connectivity index (χ0v) is 17.5. The van der Waals surface area contributed by atoms with Gasteiger partial charge < -0.3 is 4.90 Å². The minimum absolute atomic E-state index is 0. The molecule has 0 saturated carbocycles. The van der Waals surface area contributed by atoms with E-state index in [0.29, 0.717) is 29.3 Å². The Morgan fingerprint density at radius 1 is 1.11 bits per heavy atom. The molecule has 4 nitrogen and oxygen atoms in total. The van der Waals surface area contributed by atoms with Crippen molar-refractivity contribution in [2.24, 2.45) is 0 Å². The lowest BCUT2D eigenvalue weighted by atomic mass is 10.0. The number of likely N-dealkylation sites (N-methyl/N-ethyl adjacent to an activating group) is 1. The second-order valence-electron chi connectivity index (χ2n) is 6.69. The minimum Gasteiger partial charge on any atom is -0.308 e. The molecule has 2 aromatic carbocycles. The summed E-state index contributed by atoms with van der Waals surface area (Å²) in [7, 11) is 3.93. The summed E-state index contributed by atoms with van der Waals surface area (Å²) in [6.07, 6.45) is 0. The number of aryl methyl sites for hydroxylation is 2. The highest BCUT2D eigenvalue weighted by Crippen LogP contribution is 2.30. The molecule has 0 aliphatic rings. The fourth-order valence-electron chi connectivity index (χ4n) is 2.78. The van der Waals surface area contributed by atoms with Gasteiger partial charge in [-0.25, -0.2) is 9.37 Å². The van der Waals surface area contributed by atoms with Crippen LogP contribution in [0.15, 0.2) is 36.4 Å². The number of carbonyl (C=O) groups excluding carboxylic acids is 1. The van der Waals surface area contributed by atoms with E-state index in [9.17, 15) is 9.18 Å². The van der Waals surface area contributed by atoms with Gasteiger partial charge in [0.25, 0.3) is 5.91 Å². The van der Waals surface area contributed by atoms with Crippen LogP contribution in [0.2, 0.25) is 0 Å². The third-order valence-electron chi connectivity index (χ3n) is 4.20. The van der Waals surface area contributed by atoms with E-state index < -0.39 is 0 Å². The zero-order chi connectivity index (χ0) is 18.8. The van der Waals surface area contributed by atoms with E-state index >= 15 is 0 Å². The lowest BCUT2D eigenvalue weighted by molar-refractivity contribution is 0.0984. The number of anilines is 1. The van der Waals surface area contributed by atoms with Gasteiger partial charge in [0.15, 0.2) is 5.13 Å². The van der Waals surface area contributed by atoms with E-state index in [1.54, 1.807) is 11.0 Å². The van der Waals surface area contributed by atoms with Crippen molar-refractivity contribution in [2.45, 2.75) is 13.8 Å². The van der Waals surface area contributed by atoms with Crippen molar-refractivity contribution >= 4 is 45.0 Å².